The molecule has 0 saturated heterocycles. The lowest BCUT2D eigenvalue weighted by Gasteiger charge is -2.12. The summed E-state index contributed by atoms with van der Waals surface area (Å²) in [5.74, 6) is -0.0718. The summed E-state index contributed by atoms with van der Waals surface area (Å²) in [7, 11) is 0. The zero-order valence-electron chi connectivity index (χ0n) is 15.8. The SMILES string of the molecule is CCCCOc1ccccc1C(=O)Nc1sc2c(c1C(=O)OCC)CCC2. The van der Waals surface area contributed by atoms with Crippen molar-refractivity contribution >= 4 is 28.2 Å². The number of hydrogen-bond acceptors (Lipinski definition) is 5. The van der Waals surface area contributed by atoms with E-state index in [9.17, 15) is 9.59 Å². The second-order valence-electron chi connectivity index (χ2n) is 6.43. The van der Waals surface area contributed by atoms with Gasteiger partial charge in [-0.05, 0) is 50.3 Å². The van der Waals surface area contributed by atoms with Gasteiger partial charge in [0.1, 0.15) is 10.8 Å². The van der Waals surface area contributed by atoms with Gasteiger partial charge in [-0.1, -0.05) is 25.5 Å². The normalized spacial score (nSPS) is 12.5. The molecule has 0 atom stereocenters. The predicted octanol–water partition coefficient (Wildman–Crippen LogP) is 4.84. The Morgan fingerprint density at radius 2 is 2.00 bits per heavy atom. The highest BCUT2D eigenvalue weighted by molar-refractivity contribution is 7.17. The van der Waals surface area contributed by atoms with Crippen LogP contribution in [0.25, 0.3) is 0 Å². The summed E-state index contributed by atoms with van der Waals surface area (Å²) in [6, 6.07) is 7.19. The highest BCUT2D eigenvalue weighted by Gasteiger charge is 2.28. The fourth-order valence-electron chi connectivity index (χ4n) is 3.19. The van der Waals surface area contributed by atoms with E-state index in [2.05, 4.69) is 12.2 Å². The van der Waals surface area contributed by atoms with Gasteiger partial charge in [0.2, 0.25) is 0 Å². The smallest absolute Gasteiger partial charge is 0.341 e. The molecule has 0 bridgehead atoms. The molecule has 2 aromatic rings. The van der Waals surface area contributed by atoms with Crippen LogP contribution in [-0.2, 0) is 17.6 Å². The van der Waals surface area contributed by atoms with Gasteiger partial charge in [0.15, 0.2) is 0 Å². The van der Waals surface area contributed by atoms with E-state index >= 15 is 0 Å². The van der Waals surface area contributed by atoms with Crippen molar-refractivity contribution < 1.29 is 19.1 Å². The monoisotopic (exact) mass is 387 g/mol. The lowest BCUT2D eigenvalue weighted by Crippen LogP contribution is -2.16. The van der Waals surface area contributed by atoms with Crippen LogP contribution in [0.2, 0.25) is 0 Å². The van der Waals surface area contributed by atoms with Gasteiger partial charge in [0, 0.05) is 4.88 Å². The van der Waals surface area contributed by atoms with Gasteiger partial charge in [-0.2, -0.15) is 0 Å². The molecule has 3 rings (SSSR count). The molecule has 1 aromatic heterocycles. The van der Waals surface area contributed by atoms with Crippen molar-refractivity contribution in [2.24, 2.45) is 0 Å². The number of benzene rings is 1. The zero-order chi connectivity index (χ0) is 19.2. The van der Waals surface area contributed by atoms with Crippen LogP contribution in [0.4, 0.5) is 5.00 Å². The second kappa shape index (κ2) is 9.04. The number of amides is 1. The Balaban J connectivity index is 1.84. The summed E-state index contributed by atoms with van der Waals surface area (Å²) in [6.45, 7) is 4.76. The van der Waals surface area contributed by atoms with Gasteiger partial charge < -0.3 is 14.8 Å². The molecule has 6 heteroatoms. The highest BCUT2D eigenvalue weighted by Crippen LogP contribution is 2.40. The molecule has 1 aliphatic rings. The lowest BCUT2D eigenvalue weighted by atomic mass is 10.1. The van der Waals surface area contributed by atoms with Crippen LogP contribution < -0.4 is 10.1 Å². The minimum absolute atomic E-state index is 0.271. The maximum Gasteiger partial charge on any atom is 0.341 e. The third-order valence-electron chi connectivity index (χ3n) is 4.52. The molecule has 0 aliphatic heterocycles. The van der Waals surface area contributed by atoms with Gasteiger partial charge in [0.05, 0.1) is 24.3 Å². The Hall–Kier alpha value is -2.34. The van der Waals surface area contributed by atoms with E-state index in [1.807, 2.05) is 12.1 Å². The van der Waals surface area contributed by atoms with Crippen molar-refractivity contribution in [1.29, 1.82) is 0 Å². The quantitative estimate of drug-likeness (QED) is 0.520. The molecule has 27 heavy (non-hydrogen) atoms. The fourth-order valence-corrected chi connectivity index (χ4v) is 4.46. The first-order chi connectivity index (χ1) is 13.2. The number of nitrogens with one attached hydrogen (secondary N) is 1. The number of ether oxygens (including phenoxy) is 2. The summed E-state index contributed by atoms with van der Waals surface area (Å²) in [5.41, 5.74) is 2.02. The molecule has 0 saturated carbocycles. The Bertz CT molecular complexity index is 828. The number of carbonyl (C=O) groups is 2. The molecular weight excluding hydrogens is 362 g/mol. The number of thiophene rings is 1. The fraction of sp³-hybridized carbons (Fsp3) is 0.429. The van der Waals surface area contributed by atoms with Crippen LogP contribution in [0.15, 0.2) is 24.3 Å². The molecular formula is C21H25NO4S. The van der Waals surface area contributed by atoms with Gasteiger partial charge in [-0.15, -0.1) is 11.3 Å². The molecule has 0 spiro atoms. The van der Waals surface area contributed by atoms with E-state index in [0.29, 0.717) is 35.1 Å². The van der Waals surface area contributed by atoms with Crippen molar-refractivity contribution in [2.45, 2.75) is 46.0 Å². The number of fused-ring (bicyclic) bond motifs is 1. The van der Waals surface area contributed by atoms with Crippen LogP contribution in [-0.4, -0.2) is 25.1 Å². The predicted molar refractivity (Wildman–Crippen MR) is 107 cm³/mol. The van der Waals surface area contributed by atoms with E-state index < -0.39 is 0 Å². The number of para-hydroxylation sites is 1. The maximum atomic E-state index is 12.9. The van der Waals surface area contributed by atoms with E-state index in [4.69, 9.17) is 9.47 Å². The Morgan fingerprint density at radius 1 is 1.19 bits per heavy atom. The average molecular weight is 388 g/mol. The van der Waals surface area contributed by atoms with Gasteiger partial charge in [0.25, 0.3) is 5.91 Å². The highest BCUT2D eigenvalue weighted by atomic mass is 32.1. The van der Waals surface area contributed by atoms with Gasteiger partial charge in [-0.3, -0.25) is 4.79 Å². The van der Waals surface area contributed by atoms with Crippen molar-refractivity contribution in [1.82, 2.24) is 0 Å². The topological polar surface area (TPSA) is 64.6 Å². The average Bonchev–Trinajstić information content (AvgIpc) is 3.23. The van der Waals surface area contributed by atoms with Crippen molar-refractivity contribution in [3.63, 3.8) is 0 Å². The third-order valence-corrected chi connectivity index (χ3v) is 5.72. The third kappa shape index (κ3) is 4.33. The molecule has 1 heterocycles. The van der Waals surface area contributed by atoms with E-state index in [1.165, 1.54) is 16.2 Å². The number of rotatable bonds is 8. The molecule has 144 valence electrons. The van der Waals surface area contributed by atoms with E-state index in [0.717, 1.165) is 37.7 Å². The number of anilines is 1. The molecule has 5 nitrogen and oxygen atoms in total. The molecule has 0 radical (unpaired) electrons. The summed E-state index contributed by atoms with van der Waals surface area (Å²) in [4.78, 5) is 26.5. The Kier molecular flexibility index (Phi) is 6.50. The lowest BCUT2D eigenvalue weighted by molar-refractivity contribution is 0.0527. The number of esters is 1. The summed E-state index contributed by atoms with van der Waals surface area (Å²) in [6.07, 6.45) is 4.79. The minimum Gasteiger partial charge on any atom is -0.493 e. The van der Waals surface area contributed by atoms with Crippen molar-refractivity contribution in [3.05, 3.63) is 45.8 Å². The summed E-state index contributed by atoms with van der Waals surface area (Å²) in [5, 5.41) is 3.50. The summed E-state index contributed by atoms with van der Waals surface area (Å²) >= 11 is 1.48. The molecule has 1 aromatic carbocycles. The minimum atomic E-state index is -0.361. The van der Waals surface area contributed by atoms with Gasteiger partial charge in [-0.25, -0.2) is 4.79 Å². The van der Waals surface area contributed by atoms with E-state index in [1.54, 1.807) is 19.1 Å². The van der Waals surface area contributed by atoms with Gasteiger partial charge >= 0.3 is 5.97 Å². The Labute approximate surface area is 163 Å². The van der Waals surface area contributed by atoms with Crippen molar-refractivity contribution in [2.75, 3.05) is 18.5 Å². The first kappa shape index (κ1) is 19.4. The Morgan fingerprint density at radius 3 is 2.78 bits per heavy atom. The first-order valence-electron chi connectivity index (χ1n) is 9.50. The number of unbranched alkanes of at least 4 members (excludes halogenated alkanes) is 1. The molecule has 0 unspecified atom stereocenters. The van der Waals surface area contributed by atoms with Crippen LogP contribution in [0.3, 0.4) is 0 Å². The van der Waals surface area contributed by atoms with Crippen molar-refractivity contribution in [3.8, 4) is 5.75 Å². The number of hydrogen-bond donors (Lipinski definition) is 1. The van der Waals surface area contributed by atoms with Crippen LogP contribution >= 0.6 is 11.3 Å². The number of carbonyl (C=O) groups excluding carboxylic acids is 2. The van der Waals surface area contributed by atoms with Crippen LogP contribution in [0.5, 0.6) is 5.75 Å². The summed E-state index contributed by atoms with van der Waals surface area (Å²) < 4.78 is 11.0. The first-order valence-corrected chi connectivity index (χ1v) is 10.3. The van der Waals surface area contributed by atoms with E-state index in [-0.39, 0.29) is 11.9 Å². The molecule has 1 amide bonds. The molecule has 1 N–H and O–H groups in total. The van der Waals surface area contributed by atoms with Crippen LogP contribution in [0, 0.1) is 0 Å². The van der Waals surface area contributed by atoms with Crippen LogP contribution in [0.1, 0.15) is 64.3 Å². The largest absolute Gasteiger partial charge is 0.493 e. The molecule has 0 fully saturated rings. The number of aryl methyl sites for hydroxylation is 1. The molecule has 1 aliphatic carbocycles. The maximum absolute atomic E-state index is 12.9. The standard InChI is InChI=1S/C21H25NO4S/c1-3-5-13-26-16-11-7-6-9-14(16)19(23)22-20-18(21(24)25-4-2)15-10-8-12-17(15)27-20/h6-7,9,11H,3-5,8,10,12-13H2,1-2H3,(H,22,23). The second-order valence-corrected chi connectivity index (χ2v) is 7.54. The zero-order valence-corrected chi connectivity index (χ0v) is 16.6.